The molecule has 0 aliphatic heterocycles. The van der Waals surface area contributed by atoms with E-state index in [-0.39, 0.29) is 17.7 Å². The third kappa shape index (κ3) is 2.80. The van der Waals surface area contributed by atoms with Gasteiger partial charge in [-0.3, -0.25) is 0 Å². The van der Waals surface area contributed by atoms with E-state index < -0.39 is 11.6 Å². The summed E-state index contributed by atoms with van der Waals surface area (Å²) in [4.78, 5) is 3.70. The first-order valence-corrected chi connectivity index (χ1v) is 6.79. The summed E-state index contributed by atoms with van der Waals surface area (Å²) in [6.07, 6.45) is 5.13. The Kier molecular flexibility index (Phi) is 3.71. The second-order valence-electron chi connectivity index (χ2n) is 4.20. The molecule has 1 aliphatic carbocycles. The van der Waals surface area contributed by atoms with Crippen LogP contribution < -0.4 is 11.1 Å². The van der Waals surface area contributed by atoms with Crippen LogP contribution >= 0.6 is 11.8 Å². The zero-order chi connectivity index (χ0) is 12.4. The molecule has 0 amide bonds. The normalized spacial score (nSPS) is 23.9. The van der Waals surface area contributed by atoms with E-state index in [4.69, 9.17) is 5.73 Å². The Labute approximate surface area is 103 Å². The summed E-state index contributed by atoms with van der Waals surface area (Å²) in [5, 5.41) is 3.60. The zero-order valence-corrected chi connectivity index (χ0v) is 10.4. The van der Waals surface area contributed by atoms with Crippen LogP contribution in [0.4, 0.5) is 20.4 Å². The van der Waals surface area contributed by atoms with Crippen LogP contribution in [-0.4, -0.2) is 22.5 Å². The highest BCUT2D eigenvalue weighted by atomic mass is 32.2. The fourth-order valence-corrected chi connectivity index (χ4v) is 2.86. The van der Waals surface area contributed by atoms with Crippen molar-refractivity contribution in [2.75, 3.05) is 17.3 Å². The highest BCUT2D eigenvalue weighted by Crippen LogP contribution is 2.30. The summed E-state index contributed by atoms with van der Waals surface area (Å²) in [5.74, 6) is -1.73. The quantitative estimate of drug-likeness (QED) is 0.876. The van der Waals surface area contributed by atoms with E-state index in [1.807, 2.05) is 11.8 Å². The molecule has 6 heteroatoms. The summed E-state index contributed by atoms with van der Waals surface area (Å²) >= 11 is 1.82. The maximum Gasteiger partial charge on any atom is 0.168 e. The number of anilines is 2. The van der Waals surface area contributed by atoms with E-state index in [1.54, 1.807) is 0 Å². The Balaban J connectivity index is 2.06. The molecule has 1 aliphatic rings. The third-order valence-electron chi connectivity index (χ3n) is 3.02. The second-order valence-corrected chi connectivity index (χ2v) is 5.34. The number of aromatic nitrogens is 1. The minimum absolute atomic E-state index is 0.0515. The van der Waals surface area contributed by atoms with Gasteiger partial charge in [-0.15, -0.1) is 0 Å². The van der Waals surface area contributed by atoms with Gasteiger partial charge in [-0.1, -0.05) is 0 Å². The predicted molar refractivity (Wildman–Crippen MR) is 67.1 cm³/mol. The molecule has 2 atom stereocenters. The van der Waals surface area contributed by atoms with Crippen molar-refractivity contribution in [3.8, 4) is 0 Å². The number of nitrogens with two attached hydrogens (primary N) is 1. The molecule has 1 aromatic heterocycles. The standard InChI is InChI=1S/C11H15F2N3S/c1-17-7-3-2-6(4-7)15-11-9(13)5-8(12)10(14)16-11/h5-7H,2-4H2,1H3,(H3,14,15,16). The molecule has 3 nitrogen and oxygen atoms in total. The Hall–Kier alpha value is -1.04. The Bertz CT molecular complexity index is 414. The SMILES string of the molecule is CSC1CCC(Nc2nc(N)c(F)cc2F)C1. The maximum atomic E-state index is 13.4. The van der Waals surface area contributed by atoms with Crippen LogP contribution in [-0.2, 0) is 0 Å². The summed E-state index contributed by atoms with van der Waals surface area (Å²) in [5.41, 5.74) is 5.32. The zero-order valence-electron chi connectivity index (χ0n) is 9.54. The van der Waals surface area contributed by atoms with Gasteiger partial charge in [0.1, 0.15) is 0 Å². The minimum Gasteiger partial charge on any atom is -0.381 e. The van der Waals surface area contributed by atoms with Crippen LogP contribution in [0, 0.1) is 11.6 Å². The molecule has 2 rings (SSSR count). The lowest BCUT2D eigenvalue weighted by Gasteiger charge is -2.14. The summed E-state index contributed by atoms with van der Waals surface area (Å²) in [6, 6.07) is 0.963. The van der Waals surface area contributed by atoms with E-state index in [0.717, 1.165) is 25.3 Å². The van der Waals surface area contributed by atoms with Crippen molar-refractivity contribution in [1.82, 2.24) is 4.98 Å². The number of rotatable bonds is 3. The average molecular weight is 259 g/mol. The van der Waals surface area contributed by atoms with Gasteiger partial charge in [0.25, 0.3) is 0 Å². The molecular weight excluding hydrogens is 244 g/mol. The van der Waals surface area contributed by atoms with Crippen molar-refractivity contribution in [3.05, 3.63) is 17.7 Å². The first kappa shape index (κ1) is 12.4. The van der Waals surface area contributed by atoms with Crippen molar-refractivity contribution in [3.63, 3.8) is 0 Å². The van der Waals surface area contributed by atoms with Crippen LogP contribution in [0.1, 0.15) is 19.3 Å². The molecule has 0 radical (unpaired) electrons. The van der Waals surface area contributed by atoms with Gasteiger partial charge in [-0.05, 0) is 25.5 Å². The van der Waals surface area contributed by atoms with Gasteiger partial charge >= 0.3 is 0 Å². The lowest BCUT2D eigenvalue weighted by atomic mass is 10.2. The number of hydrogen-bond donors (Lipinski definition) is 2. The average Bonchev–Trinajstić information content (AvgIpc) is 2.73. The first-order chi connectivity index (χ1) is 8.10. The van der Waals surface area contributed by atoms with E-state index in [9.17, 15) is 8.78 Å². The van der Waals surface area contributed by atoms with Gasteiger partial charge < -0.3 is 11.1 Å². The number of nitrogens with one attached hydrogen (secondary N) is 1. The number of hydrogen-bond acceptors (Lipinski definition) is 4. The lowest BCUT2D eigenvalue weighted by molar-refractivity contribution is 0.576. The molecule has 0 aromatic carbocycles. The highest BCUT2D eigenvalue weighted by molar-refractivity contribution is 7.99. The Morgan fingerprint density at radius 1 is 1.41 bits per heavy atom. The van der Waals surface area contributed by atoms with Crippen molar-refractivity contribution in [2.24, 2.45) is 0 Å². The fourth-order valence-electron chi connectivity index (χ4n) is 2.06. The van der Waals surface area contributed by atoms with E-state index in [1.165, 1.54) is 0 Å². The third-order valence-corrected chi connectivity index (χ3v) is 4.11. The van der Waals surface area contributed by atoms with Crippen molar-refractivity contribution in [2.45, 2.75) is 30.6 Å². The van der Waals surface area contributed by atoms with Crippen molar-refractivity contribution >= 4 is 23.4 Å². The van der Waals surface area contributed by atoms with Crippen LogP contribution in [0.3, 0.4) is 0 Å². The van der Waals surface area contributed by atoms with Crippen LogP contribution in [0.5, 0.6) is 0 Å². The minimum atomic E-state index is -0.818. The monoisotopic (exact) mass is 259 g/mol. The molecule has 17 heavy (non-hydrogen) atoms. The van der Waals surface area contributed by atoms with Gasteiger partial charge in [0.05, 0.1) is 0 Å². The van der Waals surface area contributed by atoms with Gasteiger partial charge in [-0.2, -0.15) is 11.8 Å². The summed E-state index contributed by atoms with van der Waals surface area (Å²) < 4.78 is 26.4. The van der Waals surface area contributed by atoms with Crippen molar-refractivity contribution in [1.29, 1.82) is 0 Å². The van der Waals surface area contributed by atoms with Crippen LogP contribution in [0.2, 0.25) is 0 Å². The Morgan fingerprint density at radius 3 is 2.82 bits per heavy atom. The molecular formula is C11H15F2N3S. The molecule has 3 N–H and O–H groups in total. The fraction of sp³-hybridized carbons (Fsp3) is 0.545. The van der Waals surface area contributed by atoms with E-state index in [0.29, 0.717) is 5.25 Å². The predicted octanol–water partition coefficient (Wildman–Crippen LogP) is 2.64. The van der Waals surface area contributed by atoms with Crippen molar-refractivity contribution < 1.29 is 8.78 Å². The molecule has 0 bridgehead atoms. The summed E-state index contributed by atoms with van der Waals surface area (Å²) in [7, 11) is 0. The van der Waals surface area contributed by atoms with Gasteiger partial charge in [-0.25, -0.2) is 13.8 Å². The van der Waals surface area contributed by atoms with Crippen LogP contribution in [0.25, 0.3) is 0 Å². The van der Waals surface area contributed by atoms with E-state index in [2.05, 4.69) is 16.6 Å². The topological polar surface area (TPSA) is 50.9 Å². The van der Waals surface area contributed by atoms with Gasteiger partial charge in [0, 0.05) is 17.4 Å². The molecule has 0 saturated heterocycles. The highest BCUT2D eigenvalue weighted by Gasteiger charge is 2.25. The number of halogens is 2. The molecule has 1 saturated carbocycles. The number of nitrogens with zero attached hydrogens (tertiary/aromatic N) is 1. The first-order valence-electron chi connectivity index (χ1n) is 5.51. The largest absolute Gasteiger partial charge is 0.381 e. The summed E-state index contributed by atoms with van der Waals surface area (Å²) in [6.45, 7) is 0. The van der Waals surface area contributed by atoms with Gasteiger partial charge in [0.15, 0.2) is 23.3 Å². The Morgan fingerprint density at radius 2 is 2.18 bits per heavy atom. The molecule has 1 aromatic rings. The lowest BCUT2D eigenvalue weighted by Crippen LogP contribution is -2.18. The molecule has 1 heterocycles. The molecule has 2 unspecified atom stereocenters. The second kappa shape index (κ2) is 5.08. The molecule has 0 spiro atoms. The van der Waals surface area contributed by atoms with E-state index >= 15 is 0 Å². The molecule has 94 valence electrons. The maximum absolute atomic E-state index is 13.4. The van der Waals surface area contributed by atoms with Gasteiger partial charge in [0.2, 0.25) is 0 Å². The number of nitrogen functional groups attached to an aromatic ring is 1. The molecule has 1 fully saturated rings. The smallest absolute Gasteiger partial charge is 0.168 e. The number of thioether (sulfide) groups is 1. The van der Waals surface area contributed by atoms with Crippen LogP contribution in [0.15, 0.2) is 6.07 Å². The number of pyridine rings is 1.